The number of imidazole rings is 1. The Morgan fingerprint density at radius 1 is 1.42 bits per heavy atom. The summed E-state index contributed by atoms with van der Waals surface area (Å²) in [7, 11) is -4.47. The number of rotatable bonds is 5. The van der Waals surface area contributed by atoms with Crippen molar-refractivity contribution in [3.63, 3.8) is 0 Å². The SMILES string of the molecule is Nc1nc(NC2CC2)c2ncn(CC3CCC(P(=O)([O-])O)O3)c2n1. The Hall–Kier alpha value is -1.74. The molecule has 4 rings (SSSR count). The number of nitrogens with two attached hydrogens (primary N) is 1. The second kappa shape index (κ2) is 5.66. The zero-order chi connectivity index (χ0) is 16.9. The minimum absolute atomic E-state index is 0.150. The molecule has 0 amide bonds. The fourth-order valence-corrected chi connectivity index (χ4v) is 3.70. The van der Waals surface area contributed by atoms with Gasteiger partial charge in [0.25, 0.3) is 0 Å². The van der Waals surface area contributed by atoms with Crippen LogP contribution in [0.1, 0.15) is 25.7 Å². The summed E-state index contributed by atoms with van der Waals surface area (Å²) in [5.74, 6) is -0.371. The number of anilines is 2. The standard InChI is InChI=1S/C13H19N6O4P/c14-13-17-11(16-7-1-2-7)10-12(18-13)19(6-15-10)5-8-3-4-9(23-8)24(20,21)22/h6-9H,1-5H2,(H2,20,21,22)(H3,14,16,17,18)/p-1. The summed E-state index contributed by atoms with van der Waals surface area (Å²) in [6, 6.07) is 0.405. The smallest absolute Gasteiger partial charge is 0.224 e. The van der Waals surface area contributed by atoms with Crippen LogP contribution in [0.15, 0.2) is 6.33 Å². The van der Waals surface area contributed by atoms with Crippen molar-refractivity contribution >= 4 is 30.5 Å². The van der Waals surface area contributed by atoms with Crippen LogP contribution in [0.2, 0.25) is 0 Å². The van der Waals surface area contributed by atoms with Crippen LogP contribution in [0.3, 0.4) is 0 Å². The molecule has 1 aliphatic heterocycles. The maximum absolute atomic E-state index is 11.2. The van der Waals surface area contributed by atoms with Gasteiger partial charge in [-0.2, -0.15) is 9.97 Å². The van der Waals surface area contributed by atoms with E-state index in [0.29, 0.717) is 36.0 Å². The predicted octanol–water partition coefficient (Wildman–Crippen LogP) is 0.0336. The Labute approximate surface area is 137 Å². The molecule has 3 heterocycles. The molecule has 10 nitrogen and oxygen atoms in total. The first kappa shape index (κ1) is 15.8. The van der Waals surface area contributed by atoms with E-state index in [1.54, 1.807) is 10.9 Å². The van der Waals surface area contributed by atoms with Crippen molar-refractivity contribution in [3.8, 4) is 0 Å². The summed E-state index contributed by atoms with van der Waals surface area (Å²) in [5, 5.41) is 3.28. The molecule has 2 aromatic rings. The van der Waals surface area contributed by atoms with Gasteiger partial charge in [0.1, 0.15) is 5.85 Å². The maximum Gasteiger partial charge on any atom is 0.224 e. The van der Waals surface area contributed by atoms with E-state index in [4.69, 9.17) is 15.4 Å². The molecule has 1 aliphatic carbocycles. The Balaban J connectivity index is 1.57. The Morgan fingerprint density at radius 3 is 2.88 bits per heavy atom. The molecule has 4 N–H and O–H groups in total. The average Bonchev–Trinajstić information content (AvgIpc) is 3.03. The van der Waals surface area contributed by atoms with Crippen molar-refractivity contribution in [1.29, 1.82) is 0 Å². The Kier molecular flexibility index (Phi) is 3.72. The van der Waals surface area contributed by atoms with Crippen molar-refractivity contribution in [2.75, 3.05) is 11.1 Å². The van der Waals surface area contributed by atoms with Gasteiger partial charge in [-0.05, 0) is 25.7 Å². The molecule has 24 heavy (non-hydrogen) atoms. The lowest BCUT2D eigenvalue weighted by molar-refractivity contribution is -0.204. The number of nitrogens with zero attached hydrogens (tertiary/aromatic N) is 4. The predicted molar refractivity (Wildman–Crippen MR) is 84.1 cm³/mol. The highest BCUT2D eigenvalue weighted by molar-refractivity contribution is 7.50. The van der Waals surface area contributed by atoms with Crippen LogP contribution in [0, 0.1) is 0 Å². The van der Waals surface area contributed by atoms with E-state index in [1.807, 2.05) is 0 Å². The zero-order valence-corrected chi connectivity index (χ0v) is 13.7. The van der Waals surface area contributed by atoms with Crippen LogP contribution in [-0.4, -0.2) is 42.4 Å². The van der Waals surface area contributed by atoms with Gasteiger partial charge in [-0.3, -0.25) is 0 Å². The summed E-state index contributed by atoms with van der Waals surface area (Å²) in [5.41, 5.74) is 6.99. The first-order valence-corrected chi connectivity index (χ1v) is 9.48. The Morgan fingerprint density at radius 2 is 2.21 bits per heavy atom. The molecule has 2 fully saturated rings. The van der Waals surface area contributed by atoms with Gasteiger partial charge in [0.15, 0.2) is 24.6 Å². The summed E-state index contributed by atoms with van der Waals surface area (Å²) < 4.78 is 18.4. The molecule has 0 radical (unpaired) electrons. The minimum Gasteiger partial charge on any atom is -0.777 e. The lowest BCUT2D eigenvalue weighted by atomic mass is 10.2. The fourth-order valence-electron chi connectivity index (χ4n) is 2.90. The van der Waals surface area contributed by atoms with Gasteiger partial charge in [0.2, 0.25) is 5.95 Å². The molecule has 1 saturated carbocycles. The van der Waals surface area contributed by atoms with Crippen LogP contribution < -0.4 is 15.9 Å². The Bertz CT molecular complexity index is 816. The molecular formula is C13H18N6O4P-. The monoisotopic (exact) mass is 353 g/mol. The van der Waals surface area contributed by atoms with Gasteiger partial charge in [0.05, 0.1) is 19.0 Å². The molecule has 0 aromatic carbocycles. The van der Waals surface area contributed by atoms with Gasteiger partial charge in [-0.1, -0.05) is 0 Å². The lowest BCUT2D eigenvalue weighted by Crippen LogP contribution is -2.20. The van der Waals surface area contributed by atoms with Crippen molar-refractivity contribution < 1.29 is 19.1 Å². The summed E-state index contributed by atoms with van der Waals surface area (Å²) >= 11 is 0. The van der Waals surface area contributed by atoms with E-state index in [0.717, 1.165) is 12.8 Å². The zero-order valence-electron chi connectivity index (χ0n) is 12.8. The van der Waals surface area contributed by atoms with Gasteiger partial charge >= 0.3 is 0 Å². The van der Waals surface area contributed by atoms with Crippen LogP contribution in [0.4, 0.5) is 11.8 Å². The molecule has 2 aromatic heterocycles. The van der Waals surface area contributed by atoms with Gasteiger partial charge in [-0.15, -0.1) is 0 Å². The third-order valence-electron chi connectivity index (χ3n) is 4.25. The second-order valence-corrected chi connectivity index (χ2v) is 7.98. The van der Waals surface area contributed by atoms with E-state index in [2.05, 4.69) is 20.3 Å². The first-order chi connectivity index (χ1) is 11.4. The van der Waals surface area contributed by atoms with Crippen molar-refractivity contribution in [2.45, 2.75) is 50.2 Å². The van der Waals surface area contributed by atoms with Crippen molar-refractivity contribution in [2.24, 2.45) is 0 Å². The van der Waals surface area contributed by atoms with Gasteiger partial charge in [-0.25, -0.2) is 4.98 Å². The van der Waals surface area contributed by atoms with Crippen LogP contribution >= 0.6 is 7.60 Å². The fraction of sp³-hybridized carbons (Fsp3) is 0.615. The first-order valence-electron chi connectivity index (χ1n) is 7.84. The molecule has 3 atom stereocenters. The van der Waals surface area contributed by atoms with E-state index in [-0.39, 0.29) is 18.5 Å². The summed E-state index contributed by atoms with van der Waals surface area (Å²) in [6.07, 6.45) is 4.28. The molecule has 3 unspecified atom stereocenters. The van der Waals surface area contributed by atoms with Crippen molar-refractivity contribution in [1.82, 2.24) is 19.5 Å². The summed E-state index contributed by atoms with van der Waals surface area (Å²) in [4.78, 5) is 33.1. The maximum atomic E-state index is 11.2. The number of ether oxygens (including phenoxy) is 1. The normalized spacial score (nSPS) is 26.6. The highest BCUT2D eigenvalue weighted by Crippen LogP contribution is 2.44. The molecule has 2 aliphatic rings. The molecule has 1 saturated heterocycles. The average molecular weight is 353 g/mol. The third-order valence-corrected chi connectivity index (χ3v) is 5.36. The molecule has 11 heteroatoms. The van der Waals surface area contributed by atoms with E-state index >= 15 is 0 Å². The molecular weight excluding hydrogens is 335 g/mol. The quantitative estimate of drug-likeness (QED) is 0.632. The van der Waals surface area contributed by atoms with Gasteiger partial charge < -0.3 is 34.7 Å². The lowest BCUT2D eigenvalue weighted by Gasteiger charge is -2.23. The topological polar surface area (TPSA) is 151 Å². The summed E-state index contributed by atoms with van der Waals surface area (Å²) in [6.45, 7) is 0.381. The van der Waals surface area contributed by atoms with E-state index in [1.165, 1.54) is 0 Å². The van der Waals surface area contributed by atoms with Crippen molar-refractivity contribution in [3.05, 3.63) is 6.33 Å². The molecule has 0 bridgehead atoms. The van der Waals surface area contributed by atoms with E-state index < -0.39 is 13.4 Å². The largest absolute Gasteiger partial charge is 0.777 e. The minimum atomic E-state index is -4.47. The second-order valence-electron chi connectivity index (χ2n) is 6.27. The number of fused-ring (bicyclic) bond motifs is 1. The molecule has 130 valence electrons. The number of aromatic nitrogens is 4. The number of nitrogens with one attached hydrogen (secondary N) is 1. The number of nitrogen functional groups attached to an aromatic ring is 1. The van der Waals surface area contributed by atoms with Crippen LogP contribution in [0.25, 0.3) is 11.2 Å². The van der Waals surface area contributed by atoms with E-state index in [9.17, 15) is 9.46 Å². The molecule has 0 spiro atoms. The highest BCUT2D eigenvalue weighted by Gasteiger charge is 2.32. The van der Waals surface area contributed by atoms with Crippen LogP contribution in [-0.2, 0) is 15.8 Å². The number of hydrogen-bond acceptors (Lipinski definition) is 8. The van der Waals surface area contributed by atoms with Gasteiger partial charge in [0, 0.05) is 6.04 Å². The third kappa shape index (κ3) is 3.10. The van der Waals surface area contributed by atoms with Crippen LogP contribution in [0.5, 0.6) is 0 Å². The highest BCUT2D eigenvalue weighted by atomic mass is 31.2. The number of hydrogen-bond donors (Lipinski definition) is 3.